The number of nitrogens with one attached hydrogen (secondary N) is 1. The van der Waals surface area contributed by atoms with E-state index < -0.39 is 29.5 Å². The standard InChI is InChI=1S/C20H20F3N3O2/c1-26(11-8-13-6-9-24-10-7-13)19(28)15-12-14(15)18(27)25-17-5-3-2-4-16(17)20(21,22)23/h2-7,9-10,14-15H,8,11-12H2,1H3,(H,25,27). The summed E-state index contributed by atoms with van der Waals surface area (Å²) in [5.74, 6) is -1.81. The predicted molar refractivity (Wildman–Crippen MR) is 97.2 cm³/mol. The van der Waals surface area contributed by atoms with Crippen LogP contribution in [0.4, 0.5) is 18.9 Å². The first-order chi connectivity index (χ1) is 13.3. The first kappa shape index (κ1) is 19.9. The van der Waals surface area contributed by atoms with Crippen LogP contribution in [0.3, 0.4) is 0 Å². The molecule has 1 fully saturated rings. The molecule has 2 amide bonds. The summed E-state index contributed by atoms with van der Waals surface area (Å²) in [7, 11) is 1.66. The smallest absolute Gasteiger partial charge is 0.345 e. The number of alkyl halides is 3. The van der Waals surface area contributed by atoms with Gasteiger partial charge in [0.2, 0.25) is 11.8 Å². The zero-order valence-electron chi connectivity index (χ0n) is 15.2. The number of carbonyl (C=O) groups excluding carboxylic acids is 2. The average molecular weight is 391 g/mol. The van der Waals surface area contributed by atoms with Crippen LogP contribution in [0.15, 0.2) is 48.8 Å². The van der Waals surface area contributed by atoms with Gasteiger partial charge in [-0.25, -0.2) is 0 Å². The van der Waals surface area contributed by atoms with Crippen LogP contribution in [-0.2, 0) is 22.2 Å². The van der Waals surface area contributed by atoms with Crippen molar-refractivity contribution in [3.63, 3.8) is 0 Å². The van der Waals surface area contributed by atoms with Gasteiger partial charge >= 0.3 is 6.18 Å². The van der Waals surface area contributed by atoms with Crippen LogP contribution >= 0.6 is 0 Å². The molecule has 0 spiro atoms. The fourth-order valence-electron chi connectivity index (χ4n) is 3.06. The van der Waals surface area contributed by atoms with Gasteiger partial charge in [0.15, 0.2) is 0 Å². The number of amides is 2. The van der Waals surface area contributed by atoms with Gasteiger partial charge in [0.1, 0.15) is 0 Å². The molecule has 1 saturated carbocycles. The number of aromatic nitrogens is 1. The molecule has 2 unspecified atom stereocenters. The molecule has 1 aromatic heterocycles. The summed E-state index contributed by atoms with van der Waals surface area (Å²) in [4.78, 5) is 30.3. The van der Waals surface area contributed by atoms with Gasteiger partial charge in [-0.15, -0.1) is 0 Å². The monoisotopic (exact) mass is 391 g/mol. The molecule has 1 aromatic carbocycles. The maximum absolute atomic E-state index is 13.0. The first-order valence-electron chi connectivity index (χ1n) is 8.88. The van der Waals surface area contributed by atoms with E-state index in [1.165, 1.54) is 18.2 Å². The van der Waals surface area contributed by atoms with Gasteiger partial charge < -0.3 is 10.2 Å². The van der Waals surface area contributed by atoms with Crippen LogP contribution < -0.4 is 5.32 Å². The van der Waals surface area contributed by atoms with Crippen molar-refractivity contribution >= 4 is 17.5 Å². The molecule has 1 N–H and O–H groups in total. The molecule has 28 heavy (non-hydrogen) atoms. The molecule has 0 bridgehead atoms. The van der Waals surface area contributed by atoms with Gasteiger partial charge in [-0.1, -0.05) is 12.1 Å². The maximum atomic E-state index is 13.0. The van der Waals surface area contributed by atoms with Gasteiger partial charge in [-0.05, 0) is 42.7 Å². The number of hydrogen-bond donors (Lipinski definition) is 1. The summed E-state index contributed by atoms with van der Waals surface area (Å²) in [6, 6.07) is 8.54. The summed E-state index contributed by atoms with van der Waals surface area (Å²) >= 11 is 0. The minimum absolute atomic E-state index is 0.168. The fourth-order valence-corrected chi connectivity index (χ4v) is 3.06. The number of halogens is 3. The molecule has 1 aliphatic carbocycles. The minimum atomic E-state index is -4.56. The maximum Gasteiger partial charge on any atom is 0.418 e. The van der Waals surface area contributed by atoms with E-state index >= 15 is 0 Å². The number of para-hydroxylation sites is 1. The molecule has 1 aliphatic rings. The number of nitrogens with zero attached hydrogens (tertiary/aromatic N) is 2. The molecule has 3 rings (SSSR count). The number of hydrogen-bond acceptors (Lipinski definition) is 3. The molecule has 1 heterocycles. The number of carbonyl (C=O) groups is 2. The van der Waals surface area contributed by atoms with E-state index in [9.17, 15) is 22.8 Å². The van der Waals surface area contributed by atoms with Crippen molar-refractivity contribution in [1.29, 1.82) is 0 Å². The van der Waals surface area contributed by atoms with E-state index in [1.54, 1.807) is 24.3 Å². The summed E-state index contributed by atoms with van der Waals surface area (Å²) in [6.07, 6.45) is -0.198. The summed E-state index contributed by atoms with van der Waals surface area (Å²) in [6.45, 7) is 0.491. The van der Waals surface area contributed by atoms with Crippen molar-refractivity contribution in [3.05, 3.63) is 59.9 Å². The van der Waals surface area contributed by atoms with Crippen molar-refractivity contribution < 1.29 is 22.8 Å². The number of benzene rings is 1. The molecule has 5 nitrogen and oxygen atoms in total. The Labute approximate surface area is 160 Å². The molecule has 0 radical (unpaired) electrons. The van der Waals surface area contributed by atoms with E-state index in [2.05, 4.69) is 10.3 Å². The lowest BCUT2D eigenvalue weighted by Crippen LogP contribution is -2.31. The van der Waals surface area contributed by atoms with Crippen LogP contribution in [0.1, 0.15) is 17.5 Å². The lowest BCUT2D eigenvalue weighted by molar-refractivity contribution is -0.137. The highest BCUT2D eigenvalue weighted by molar-refractivity contribution is 5.99. The zero-order chi connectivity index (χ0) is 20.3. The van der Waals surface area contributed by atoms with Gasteiger partial charge in [-0.2, -0.15) is 13.2 Å². The molecular formula is C20H20F3N3O2. The molecule has 2 atom stereocenters. The van der Waals surface area contributed by atoms with E-state index in [4.69, 9.17) is 0 Å². The summed E-state index contributed by atoms with van der Waals surface area (Å²) < 4.78 is 39.1. The van der Waals surface area contributed by atoms with Crippen LogP contribution in [0.2, 0.25) is 0 Å². The van der Waals surface area contributed by atoms with E-state index in [0.717, 1.165) is 11.6 Å². The van der Waals surface area contributed by atoms with Gasteiger partial charge in [0, 0.05) is 26.0 Å². The quantitative estimate of drug-likeness (QED) is 0.821. The molecule has 148 valence electrons. The summed E-state index contributed by atoms with van der Waals surface area (Å²) in [5.41, 5.74) is -0.144. The van der Waals surface area contributed by atoms with Crippen LogP contribution in [0.25, 0.3) is 0 Å². The highest BCUT2D eigenvalue weighted by Gasteiger charge is 2.49. The average Bonchev–Trinajstić information content (AvgIpc) is 3.47. The van der Waals surface area contributed by atoms with E-state index in [0.29, 0.717) is 19.4 Å². The van der Waals surface area contributed by atoms with Gasteiger partial charge in [0.25, 0.3) is 0 Å². The molecular weight excluding hydrogens is 371 g/mol. The van der Waals surface area contributed by atoms with Crippen molar-refractivity contribution in [3.8, 4) is 0 Å². The lowest BCUT2D eigenvalue weighted by Gasteiger charge is -2.17. The van der Waals surface area contributed by atoms with Crippen molar-refractivity contribution in [1.82, 2.24) is 9.88 Å². The Hall–Kier alpha value is -2.90. The summed E-state index contributed by atoms with van der Waals surface area (Å²) in [5, 5.41) is 2.32. The normalized spacial score (nSPS) is 18.4. The second-order valence-corrected chi connectivity index (χ2v) is 6.85. The van der Waals surface area contributed by atoms with Crippen molar-refractivity contribution in [2.75, 3.05) is 18.9 Å². The molecule has 8 heteroatoms. The third-order valence-electron chi connectivity index (χ3n) is 4.80. The van der Waals surface area contributed by atoms with Gasteiger partial charge in [0.05, 0.1) is 23.1 Å². The minimum Gasteiger partial charge on any atom is -0.345 e. The van der Waals surface area contributed by atoms with Crippen molar-refractivity contribution in [2.24, 2.45) is 11.8 Å². The Bertz CT molecular complexity index is 855. The molecule has 0 saturated heterocycles. The Morgan fingerprint density at radius 2 is 1.82 bits per heavy atom. The van der Waals surface area contributed by atoms with Crippen LogP contribution in [0.5, 0.6) is 0 Å². The first-order valence-corrected chi connectivity index (χ1v) is 8.88. The Morgan fingerprint density at radius 3 is 2.50 bits per heavy atom. The topological polar surface area (TPSA) is 62.3 Å². The number of pyridine rings is 1. The fraction of sp³-hybridized carbons (Fsp3) is 0.350. The third kappa shape index (κ3) is 4.68. The van der Waals surface area contributed by atoms with E-state index in [1.807, 2.05) is 12.1 Å². The van der Waals surface area contributed by atoms with Gasteiger partial charge in [-0.3, -0.25) is 14.6 Å². The number of rotatable bonds is 6. The third-order valence-corrected chi connectivity index (χ3v) is 4.80. The van der Waals surface area contributed by atoms with Crippen LogP contribution in [-0.4, -0.2) is 35.3 Å². The predicted octanol–water partition coefficient (Wildman–Crippen LogP) is 3.38. The lowest BCUT2D eigenvalue weighted by atomic mass is 10.1. The number of anilines is 1. The second-order valence-electron chi connectivity index (χ2n) is 6.85. The Morgan fingerprint density at radius 1 is 1.14 bits per heavy atom. The molecule has 0 aliphatic heterocycles. The Kier molecular flexibility index (Phi) is 5.67. The number of likely N-dealkylation sites (N-methyl/N-ethyl adjacent to an activating group) is 1. The Balaban J connectivity index is 1.55. The second kappa shape index (κ2) is 8.00. The highest BCUT2D eigenvalue weighted by Crippen LogP contribution is 2.42. The van der Waals surface area contributed by atoms with E-state index in [-0.39, 0.29) is 11.6 Å². The largest absolute Gasteiger partial charge is 0.418 e. The molecule has 2 aromatic rings. The highest BCUT2D eigenvalue weighted by atomic mass is 19.4. The zero-order valence-corrected chi connectivity index (χ0v) is 15.2. The SMILES string of the molecule is CN(CCc1ccncc1)C(=O)C1CC1C(=O)Nc1ccccc1C(F)(F)F. The van der Waals surface area contributed by atoms with Crippen molar-refractivity contribution in [2.45, 2.75) is 19.0 Å². The van der Waals surface area contributed by atoms with Crippen LogP contribution in [0, 0.1) is 11.8 Å².